The molecule has 3 aromatic heterocycles. The third kappa shape index (κ3) is 18.5. The van der Waals surface area contributed by atoms with Crippen LogP contribution in [0.4, 0.5) is 14.4 Å². The number of rotatable bonds is 10. The van der Waals surface area contributed by atoms with Crippen molar-refractivity contribution in [3.63, 3.8) is 0 Å². The van der Waals surface area contributed by atoms with Gasteiger partial charge in [-0.2, -0.15) is 24.9 Å². The second kappa shape index (κ2) is 30.7. The third-order valence-corrected chi connectivity index (χ3v) is 20.7. The Morgan fingerprint density at radius 2 is 0.806 bits per heavy atom. The molecule has 3 N–H and O–H groups in total. The predicted octanol–water partition coefficient (Wildman–Crippen LogP) is 13.5. The van der Waals surface area contributed by atoms with Gasteiger partial charge in [0.25, 0.3) is 17.7 Å². The van der Waals surface area contributed by atoms with E-state index in [1.807, 2.05) is 150 Å². The van der Waals surface area contributed by atoms with Crippen molar-refractivity contribution in [2.45, 2.75) is 199 Å². The average Bonchev–Trinajstić information content (AvgIpc) is 1.59. The number of benzene rings is 4. The number of aromatic nitrogens is 6. The minimum atomic E-state index is -0.560. The van der Waals surface area contributed by atoms with E-state index >= 15 is 0 Å². The molecular formula is C76H92Br3N13O11. The number of hydrogen-bond acceptors (Lipinski definition) is 15. The van der Waals surface area contributed by atoms with Gasteiger partial charge in [-0.1, -0.05) is 114 Å². The van der Waals surface area contributed by atoms with Crippen molar-refractivity contribution in [1.82, 2.24) is 59.2 Å². The maximum absolute atomic E-state index is 13.5. The number of fused-ring (bicyclic) bond motifs is 3. The lowest BCUT2D eigenvalue weighted by Crippen LogP contribution is -2.43. The molecule has 103 heavy (non-hydrogen) atoms. The van der Waals surface area contributed by atoms with Crippen molar-refractivity contribution in [2.75, 3.05) is 33.7 Å². The summed E-state index contributed by atoms with van der Waals surface area (Å²) >= 11 is 10.5. The molecule has 6 amide bonds. The van der Waals surface area contributed by atoms with Gasteiger partial charge in [-0.25, -0.2) is 14.4 Å². The standard InChI is InChI=1S/C23H30N4O3.C22H27BrN4O3.C21H25BrN4O3.C9H10BrN.CO2/c1-16-7-6-8-17(13-16)23(9-10-23)25(5)20(28)18-14-24-27-12-11-26(15-19(18)27)21(29)30-22(2,3)4;1-21(2,3)30-20(29)26-10-11-27-18(14-26)17(13-24-27)19(28)25(4)22(8-9-22)15-6-5-7-16(23)12-15;1-20(2,3)29-19(28)25-9-10-26-17(13-25)16(12-23-26)18(27)24-21(7-8-21)14-5-4-6-15(22)11-14;10-8-3-1-2-7(6-8)9(11)4-5-9;2-1-3/h6-8,13-14H,9-12,15H2,1-5H3;5-7,12-13H,8-11,14H2,1-4H3;4-6,11-12H,7-10,13H2,1-3H3,(H,24,27);1-3,6H,4-5,11H2;. The number of hydrogen-bond donors (Lipinski definition) is 2. The van der Waals surface area contributed by atoms with Crippen molar-refractivity contribution in [1.29, 1.82) is 0 Å². The summed E-state index contributed by atoms with van der Waals surface area (Å²) in [4.78, 5) is 102. The zero-order valence-electron chi connectivity index (χ0n) is 60.6. The SMILES string of the molecule is CC(C)(C)OC(=O)N1CCn2ncc(C(=O)NC3(c4cccc(Br)c4)CC3)c2C1.CN(C(=O)c1cnn2c1CN(C(=O)OC(C)(C)C)CC2)C1(c2cccc(Br)c2)CC1.Cc1cccc(C2(N(C)C(=O)c3cnn4c3CN(C(=O)OC(C)(C)C)CC4)CC2)c1.NC1(c2cccc(Br)c2)CC1.O=C=O. The van der Waals surface area contributed by atoms with E-state index in [0.717, 1.165) is 93.0 Å². The minimum Gasteiger partial charge on any atom is -0.444 e. The molecular weight excluding hydrogens is 1510 g/mol. The van der Waals surface area contributed by atoms with Gasteiger partial charge in [0, 0.05) is 52.7 Å². The highest BCUT2D eigenvalue weighted by molar-refractivity contribution is 9.11. The zero-order valence-corrected chi connectivity index (χ0v) is 65.4. The van der Waals surface area contributed by atoms with Crippen LogP contribution in [0, 0.1) is 6.92 Å². The molecule has 548 valence electrons. The lowest BCUT2D eigenvalue weighted by molar-refractivity contribution is -0.191. The molecule has 24 nitrogen and oxygen atoms in total. The Hall–Kier alpha value is -8.49. The van der Waals surface area contributed by atoms with E-state index in [1.165, 1.54) is 16.7 Å². The number of aryl methyl sites for hydroxylation is 1. The topological polar surface area (TPSA) is 272 Å². The van der Waals surface area contributed by atoms with E-state index in [-0.39, 0.29) is 64.3 Å². The van der Waals surface area contributed by atoms with Crippen LogP contribution in [0.1, 0.15) is 190 Å². The first kappa shape index (κ1) is 77.1. The van der Waals surface area contributed by atoms with Gasteiger partial charge in [-0.05, 0) is 179 Å². The Morgan fingerprint density at radius 3 is 1.16 bits per heavy atom. The maximum Gasteiger partial charge on any atom is 0.410 e. The Bertz CT molecular complexity index is 4190. The normalized spacial score (nSPS) is 17.2. The summed E-state index contributed by atoms with van der Waals surface area (Å²) in [5.74, 6) is -0.282. The van der Waals surface area contributed by atoms with Crippen LogP contribution in [0.2, 0.25) is 0 Å². The number of nitrogens with zero attached hydrogens (tertiary/aromatic N) is 11. The van der Waals surface area contributed by atoms with Crippen molar-refractivity contribution in [3.8, 4) is 0 Å². The molecule has 4 saturated carbocycles. The lowest BCUT2D eigenvalue weighted by Gasteiger charge is -2.32. The van der Waals surface area contributed by atoms with Gasteiger partial charge in [0.2, 0.25) is 0 Å². The largest absolute Gasteiger partial charge is 0.444 e. The molecule has 7 aliphatic rings. The number of carbonyl (C=O) groups is 6. The van der Waals surface area contributed by atoms with Crippen LogP contribution in [0.15, 0.2) is 129 Å². The van der Waals surface area contributed by atoms with Gasteiger partial charge in [0.05, 0.1) is 108 Å². The lowest BCUT2D eigenvalue weighted by atomic mass is 10.00. The van der Waals surface area contributed by atoms with Crippen molar-refractivity contribution >= 4 is 89.9 Å². The summed E-state index contributed by atoms with van der Waals surface area (Å²) in [5.41, 5.74) is 13.2. The molecule has 4 aliphatic carbocycles. The van der Waals surface area contributed by atoms with E-state index < -0.39 is 16.8 Å². The van der Waals surface area contributed by atoms with Crippen molar-refractivity contribution < 1.29 is 52.6 Å². The van der Waals surface area contributed by atoms with E-state index in [9.17, 15) is 28.8 Å². The van der Waals surface area contributed by atoms with E-state index in [2.05, 4.69) is 118 Å². The Kier molecular flexibility index (Phi) is 23.0. The van der Waals surface area contributed by atoms with E-state index in [4.69, 9.17) is 29.5 Å². The predicted molar refractivity (Wildman–Crippen MR) is 395 cm³/mol. The number of nitrogens with one attached hydrogen (secondary N) is 1. The molecule has 0 saturated heterocycles. The number of halogens is 3. The molecule has 0 radical (unpaired) electrons. The van der Waals surface area contributed by atoms with Crippen LogP contribution < -0.4 is 11.1 Å². The first-order valence-corrected chi connectivity index (χ1v) is 37.0. The number of nitrogens with two attached hydrogens (primary N) is 1. The second-order valence-corrected chi connectivity index (χ2v) is 33.1. The van der Waals surface area contributed by atoms with Gasteiger partial charge in [0.15, 0.2) is 0 Å². The summed E-state index contributed by atoms with van der Waals surface area (Å²) < 4.78 is 25.1. The van der Waals surface area contributed by atoms with Crippen molar-refractivity contribution in [3.05, 3.63) is 191 Å². The van der Waals surface area contributed by atoms with Crippen LogP contribution in [-0.4, -0.2) is 147 Å². The van der Waals surface area contributed by atoms with E-state index in [1.54, 1.807) is 38.0 Å². The fourth-order valence-electron chi connectivity index (χ4n) is 13.0. The molecule has 14 rings (SSSR count). The number of carbonyl (C=O) groups excluding carboxylic acids is 8. The molecule has 6 heterocycles. The van der Waals surface area contributed by atoms with Crippen LogP contribution in [-0.2, 0) is 85.2 Å². The molecule has 4 aromatic carbocycles. The van der Waals surface area contributed by atoms with Crippen LogP contribution >= 0.6 is 47.8 Å². The van der Waals surface area contributed by atoms with Gasteiger partial charge in [0.1, 0.15) is 16.8 Å². The summed E-state index contributed by atoms with van der Waals surface area (Å²) in [5, 5.41) is 16.4. The van der Waals surface area contributed by atoms with Gasteiger partial charge in [-0.15, -0.1) is 0 Å². The molecule has 4 fully saturated rings. The quantitative estimate of drug-likeness (QED) is 0.120. The minimum absolute atomic E-state index is 0.00375. The zero-order chi connectivity index (χ0) is 74.8. The van der Waals surface area contributed by atoms with Crippen LogP contribution in [0.5, 0.6) is 0 Å². The summed E-state index contributed by atoms with van der Waals surface area (Å²) in [6.45, 7) is 22.8. The maximum atomic E-state index is 13.5. The number of amides is 6. The highest BCUT2D eigenvalue weighted by atomic mass is 79.9. The number of ether oxygens (including phenoxy) is 3. The van der Waals surface area contributed by atoms with Crippen molar-refractivity contribution in [2.24, 2.45) is 5.73 Å². The summed E-state index contributed by atoms with van der Waals surface area (Å²) in [6, 6.07) is 32.8. The molecule has 3 aliphatic heterocycles. The smallest absolute Gasteiger partial charge is 0.410 e. The molecule has 0 spiro atoms. The molecule has 0 unspecified atom stereocenters. The monoisotopic (exact) mass is 1600 g/mol. The Balaban J connectivity index is 0.000000151. The highest BCUT2D eigenvalue weighted by Gasteiger charge is 2.53. The van der Waals surface area contributed by atoms with Gasteiger partial charge >= 0.3 is 24.4 Å². The molecule has 27 heteroatoms. The highest BCUT2D eigenvalue weighted by Crippen LogP contribution is 2.53. The first-order valence-electron chi connectivity index (χ1n) is 34.6. The second-order valence-electron chi connectivity index (χ2n) is 30.4. The fourth-order valence-corrected chi connectivity index (χ4v) is 14.2. The average molecular weight is 1600 g/mol. The van der Waals surface area contributed by atoms with Crippen LogP contribution in [0.3, 0.4) is 0 Å². The summed E-state index contributed by atoms with van der Waals surface area (Å²) in [6.07, 6.45) is 11.8. The molecule has 0 atom stereocenters. The van der Waals surface area contributed by atoms with Gasteiger partial charge < -0.3 is 49.8 Å². The van der Waals surface area contributed by atoms with E-state index in [0.29, 0.717) is 75.6 Å². The third-order valence-electron chi connectivity index (χ3n) is 19.2. The first-order chi connectivity index (χ1) is 48.5. The summed E-state index contributed by atoms with van der Waals surface area (Å²) in [7, 11) is 3.73. The van der Waals surface area contributed by atoms with Crippen LogP contribution in [0.25, 0.3) is 0 Å². The molecule has 7 aromatic rings. The molecule has 0 bridgehead atoms. The van der Waals surface area contributed by atoms with Gasteiger partial charge in [-0.3, -0.25) is 28.4 Å². The Morgan fingerprint density at radius 1 is 0.476 bits per heavy atom. The fraction of sp³-hybridized carbons (Fsp3) is 0.474. The Labute approximate surface area is 626 Å².